The van der Waals surface area contributed by atoms with Crippen molar-refractivity contribution in [2.24, 2.45) is 0 Å². The van der Waals surface area contributed by atoms with E-state index < -0.39 is 6.10 Å². The second-order valence-corrected chi connectivity index (χ2v) is 10.4. The first-order valence-electron chi connectivity index (χ1n) is 11.3. The number of hydrogen-bond acceptors (Lipinski definition) is 7. The van der Waals surface area contributed by atoms with Crippen molar-refractivity contribution in [1.29, 1.82) is 0 Å². The topological polar surface area (TPSA) is 81.7 Å². The Bertz CT molecular complexity index is 1140. The maximum atomic E-state index is 12.5. The van der Waals surface area contributed by atoms with Gasteiger partial charge in [0.05, 0.1) is 30.7 Å². The number of benzene rings is 1. The molecule has 2 atom stereocenters. The Morgan fingerprint density at radius 3 is 2.55 bits per heavy atom. The van der Waals surface area contributed by atoms with Gasteiger partial charge in [0.2, 0.25) is 0 Å². The molecule has 1 saturated heterocycles. The number of aryl methyl sites for hydroxylation is 2. The molecule has 0 saturated carbocycles. The molecule has 2 N–H and O–H groups in total. The van der Waals surface area contributed by atoms with Gasteiger partial charge in [-0.1, -0.05) is 23.7 Å². The molecule has 0 bridgehead atoms. The number of β-amino-alcohol motifs (C(OH)–C–C–N with tert-alkyl or cyclic N) is 1. The van der Waals surface area contributed by atoms with Crippen molar-refractivity contribution in [3.63, 3.8) is 0 Å². The zero-order valence-electron chi connectivity index (χ0n) is 19.3. The van der Waals surface area contributed by atoms with Gasteiger partial charge in [-0.3, -0.25) is 14.6 Å². The number of thiophene rings is 1. The first kappa shape index (κ1) is 24.3. The highest BCUT2D eigenvalue weighted by Crippen LogP contribution is 2.26. The first-order chi connectivity index (χ1) is 15.8. The minimum Gasteiger partial charge on any atom is -0.389 e. The molecule has 3 heterocycles. The van der Waals surface area contributed by atoms with E-state index in [4.69, 9.17) is 21.3 Å². The van der Waals surface area contributed by atoms with Gasteiger partial charge in [-0.15, -0.1) is 11.3 Å². The fraction of sp³-hybridized carbons (Fsp3) is 0.500. The maximum Gasteiger partial charge on any atom is 0.259 e. The summed E-state index contributed by atoms with van der Waals surface area (Å²) in [6.07, 6.45) is -0.645. The lowest BCUT2D eigenvalue weighted by molar-refractivity contribution is -0.0214. The normalized spacial score (nSPS) is 17.5. The van der Waals surface area contributed by atoms with Crippen molar-refractivity contribution >= 4 is 33.2 Å². The Labute approximate surface area is 203 Å². The summed E-state index contributed by atoms with van der Waals surface area (Å²) in [6.45, 7) is 10.9. The van der Waals surface area contributed by atoms with Crippen LogP contribution >= 0.6 is 22.9 Å². The third-order valence-corrected chi connectivity index (χ3v) is 7.63. The zero-order chi connectivity index (χ0) is 23.5. The number of aromatic amines is 1. The number of nitrogens with zero attached hydrogens (tertiary/aromatic N) is 3. The van der Waals surface area contributed by atoms with Crippen molar-refractivity contribution in [2.75, 3.05) is 39.3 Å². The third-order valence-electron chi connectivity index (χ3n) is 6.27. The molecule has 1 aliphatic heterocycles. The lowest BCUT2D eigenvalue weighted by Gasteiger charge is -2.35. The van der Waals surface area contributed by atoms with E-state index in [2.05, 4.69) is 14.8 Å². The van der Waals surface area contributed by atoms with Crippen LogP contribution in [-0.4, -0.2) is 70.3 Å². The zero-order valence-corrected chi connectivity index (χ0v) is 20.9. The smallest absolute Gasteiger partial charge is 0.259 e. The van der Waals surface area contributed by atoms with Gasteiger partial charge in [0.25, 0.3) is 5.56 Å². The average molecular weight is 491 g/mol. The first-order valence-corrected chi connectivity index (χ1v) is 12.5. The van der Waals surface area contributed by atoms with Crippen molar-refractivity contribution in [2.45, 2.75) is 39.5 Å². The molecular weight excluding hydrogens is 460 g/mol. The molecule has 7 nitrogen and oxygen atoms in total. The Kier molecular flexibility index (Phi) is 7.83. The van der Waals surface area contributed by atoms with Crippen molar-refractivity contribution in [1.82, 2.24) is 19.8 Å². The van der Waals surface area contributed by atoms with Crippen LogP contribution in [0.15, 0.2) is 29.1 Å². The summed E-state index contributed by atoms with van der Waals surface area (Å²) in [5.41, 5.74) is 2.01. The molecule has 0 spiro atoms. The van der Waals surface area contributed by atoms with Gasteiger partial charge in [-0.05, 0) is 44.0 Å². The van der Waals surface area contributed by atoms with E-state index >= 15 is 0 Å². The molecule has 2 aromatic heterocycles. The average Bonchev–Trinajstić information content (AvgIpc) is 3.07. The van der Waals surface area contributed by atoms with Crippen LogP contribution in [0.2, 0.25) is 5.02 Å². The molecule has 0 amide bonds. The number of hydrogen-bond donors (Lipinski definition) is 2. The summed E-state index contributed by atoms with van der Waals surface area (Å²) in [5, 5.41) is 11.9. The molecule has 1 aromatic carbocycles. The van der Waals surface area contributed by atoms with Gasteiger partial charge in [-0.25, -0.2) is 4.98 Å². The van der Waals surface area contributed by atoms with Gasteiger partial charge in [0.15, 0.2) is 0 Å². The number of aliphatic hydroxyl groups excluding tert-OH is 1. The van der Waals surface area contributed by atoms with E-state index in [9.17, 15) is 9.90 Å². The van der Waals surface area contributed by atoms with Crippen LogP contribution in [0.3, 0.4) is 0 Å². The standard InChI is InChI=1S/C24H31ClN4O3S/c1-15-17(3)33-24-22(15)23(31)26-21(27-24)13-29-10-8-28(9-11-29)12-20(30)14-32-16(2)18-4-6-19(25)7-5-18/h4-7,16,20,30H,8-14H2,1-3H3,(H,26,27,31)/t16-,20-/m1/s1. The number of ether oxygens (including phenoxy) is 1. The number of aromatic nitrogens is 2. The Hall–Kier alpha value is -1.81. The van der Waals surface area contributed by atoms with Gasteiger partial charge in [0.1, 0.15) is 10.7 Å². The summed E-state index contributed by atoms with van der Waals surface area (Å²) in [6, 6.07) is 7.58. The Morgan fingerprint density at radius 2 is 1.85 bits per heavy atom. The van der Waals surface area contributed by atoms with Crippen LogP contribution in [0.25, 0.3) is 10.2 Å². The molecule has 1 fully saturated rings. The second kappa shape index (κ2) is 10.6. The molecule has 4 rings (SSSR count). The maximum absolute atomic E-state index is 12.5. The van der Waals surface area contributed by atoms with Crippen LogP contribution < -0.4 is 5.56 Å². The lowest BCUT2D eigenvalue weighted by atomic mass is 10.1. The highest BCUT2D eigenvalue weighted by atomic mass is 35.5. The highest BCUT2D eigenvalue weighted by Gasteiger charge is 2.21. The van der Waals surface area contributed by atoms with E-state index in [1.807, 2.05) is 45.0 Å². The number of halogens is 1. The minimum absolute atomic E-state index is 0.0496. The van der Waals surface area contributed by atoms with Crippen molar-refractivity contribution < 1.29 is 9.84 Å². The second-order valence-electron chi connectivity index (χ2n) is 8.73. The summed E-state index contributed by atoms with van der Waals surface area (Å²) in [7, 11) is 0. The number of nitrogens with one attached hydrogen (secondary N) is 1. The summed E-state index contributed by atoms with van der Waals surface area (Å²) < 4.78 is 5.86. The largest absolute Gasteiger partial charge is 0.389 e. The van der Waals surface area contributed by atoms with Gasteiger partial charge in [0, 0.05) is 42.6 Å². The number of rotatable bonds is 8. The SMILES string of the molecule is Cc1sc2nc(CN3CCN(C[C@@H](O)CO[C@H](C)c4ccc(Cl)cc4)CC3)[nH]c(=O)c2c1C. The minimum atomic E-state index is -0.544. The molecule has 178 valence electrons. The predicted molar refractivity (Wildman–Crippen MR) is 133 cm³/mol. The predicted octanol–water partition coefficient (Wildman–Crippen LogP) is 3.51. The third kappa shape index (κ3) is 6.01. The van der Waals surface area contributed by atoms with Crippen molar-refractivity contribution in [3.8, 4) is 0 Å². The van der Waals surface area contributed by atoms with E-state index in [0.717, 1.165) is 47.0 Å². The molecule has 0 aliphatic carbocycles. The quantitative estimate of drug-likeness (QED) is 0.503. The van der Waals surface area contributed by atoms with Gasteiger partial charge >= 0.3 is 0 Å². The summed E-state index contributed by atoms with van der Waals surface area (Å²) in [4.78, 5) is 26.7. The molecular formula is C24H31ClN4O3S. The van der Waals surface area contributed by atoms with Crippen LogP contribution in [-0.2, 0) is 11.3 Å². The van der Waals surface area contributed by atoms with Crippen molar-refractivity contribution in [3.05, 3.63) is 61.5 Å². The molecule has 1 aliphatic rings. The fourth-order valence-electron chi connectivity index (χ4n) is 4.15. The van der Waals surface area contributed by atoms with Crippen LogP contribution in [0.1, 0.15) is 34.9 Å². The number of fused-ring (bicyclic) bond motifs is 1. The molecule has 33 heavy (non-hydrogen) atoms. The summed E-state index contributed by atoms with van der Waals surface area (Å²) >= 11 is 7.51. The fourth-order valence-corrected chi connectivity index (χ4v) is 5.33. The lowest BCUT2D eigenvalue weighted by Crippen LogP contribution is -2.48. The molecule has 0 radical (unpaired) electrons. The highest BCUT2D eigenvalue weighted by molar-refractivity contribution is 7.18. The van der Waals surface area contributed by atoms with Gasteiger partial charge in [-0.2, -0.15) is 0 Å². The molecule has 3 aromatic rings. The van der Waals surface area contributed by atoms with E-state index in [1.54, 1.807) is 11.3 Å². The van der Waals surface area contributed by atoms with Crippen LogP contribution in [0.5, 0.6) is 0 Å². The van der Waals surface area contributed by atoms with E-state index in [1.165, 1.54) is 0 Å². The van der Waals surface area contributed by atoms with E-state index in [0.29, 0.717) is 29.3 Å². The molecule has 9 heteroatoms. The van der Waals surface area contributed by atoms with Crippen LogP contribution in [0.4, 0.5) is 0 Å². The monoisotopic (exact) mass is 490 g/mol. The molecule has 0 unspecified atom stereocenters. The Balaban J connectivity index is 1.23. The van der Waals surface area contributed by atoms with E-state index in [-0.39, 0.29) is 18.3 Å². The van der Waals surface area contributed by atoms with Crippen LogP contribution in [0, 0.1) is 13.8 Å². The number of H-pyrrole nitrogens is 1. The summed E-state index contributed by atoms with van der Waals surface area (Å²) in [5.74, 6) is 0.715. The number of piperazine rings is 1. The number of aliphatic hydroxyl groups is 1. The van der Waals surface area contributed by atoms with Gasteiger partial charge < -0.3 is 14.8 Å². The Morgan fingerprint density at radius 1 is 1.18 bits per heavy atom.